The second-order valence-corrected chi connectivity index (χ2v) is 9.84. The SMILES string of the molecule is COc1ccc(CCOc2ccc(C(CN3CCN(C)CC3)C3(O)CCCCC3)cc2)cc1. The molecule has 4 rings (SSSR count). The molecule has 180 valence electrons. The zero-order valence-corrected chi connectivity index (χ0v) is 20.3. The molecule has 0 radical (unpaired) electrons. The summed E-state index contributed by atoms with van der Waals surface area (Å²) in [5.74, 6) is 1.91. The van der Waals surface area contributed by atoms with Crippen molar-refractivity contribution < 1.29 is 14.6 Å². The van der Waals surface area contributed by atoms with Crippen molar-refractivity contribution in [1.29, 1.82) is 0 Å². The van der Waals surface area contributed by atoms with Crippen LogP contribution >= 0.6 is 0 Å². The predicted molar refractivity (Wildman–Crippen MR) is 133 cm³/mol. The minimum Gasteiger partial charge on any atom is -0.497 e. The lowest BCUT2D eigenvalue weighted by Gasteiger charge is -2.43. The fourth-order valence-corrected chi connectivity index (χ4v) is 5.26. The van der Waals surface area contributed by atoms with Crippen molar-refractivity contribution in [3.05, 3.63) is 59.7 Å². The zero-order chi connectivity index (χ0) is 23.1. The van der Waals surface area contributed by atoms with Crippen molar-refractivity contribution >= 4 is 0 Å². The molecule has 1 N–H and O–H groups in total. The molecule has 0 aromatic heterocycles. The zero-order valence-electron chi connectivity index (χ0n) is 20.3. The normalized spacial score (nSPS) is 20.3. The first-order valence-corrected chi connectivity index (χ1v) is 12.5. The molecule has 1 unspecified atom stereocenters. The highest BCUT2D eigenvalue weighted by Crippen LogP contribution is 2.41. The third-order valence-electron chi connectivity index (χ3n) is 7.51. The highest BCUT2D eigenvalue weighted by atomic mass is 16.5. The number of aliphatic hydroxyl groups is 1. The van der Waals surface area contributed by atoms with Gasteiger partial charge in [-0.15, -0.1) is 0 Å². The van der Waals surface area contributed by atoms with Gasteiger partial charge in [-0.2, -0.15) is 0 Å². The molecule has 0 spiro atoms. The molecular weight excluding hydrogens is 412 g/mol. The van der Waals surface area contributed by atoms with Gasteiger partial charge >= 0.3 is 0 Å². The fraction of sp³-hybridized carbons (Fsp3) is 0.571. The number of hydrogen-bond acceptors (Lipinski definition) is 5. The van der Waals surface area contributed by atoms with E-state index in [0.717, 1.165) is 76.3 Å². The van der Waals surface area contributed by atoms with Crippen LogP contribution < -0.4 is 9.47 Å². The van der Waals surface area contributed by atoms with E-state index in [4.69, 9.17) is 9.47 Å². The first-order valence-electron chi connectivity index (χ1n) is 12.5. The second-order valence-electron chi connectivity index (χ2n) is 9.84. The maximum absolute atomic E-state index is 11.7. The van der Waals surface area contributed by atoms with E-state index in [-0.39, 0.29) is 5.92 Å². The van der Waals surface area contributed by atoms with E-state index in [2.05, 4.69) is 53.2 Å². The number of rotatable bonds is 9. The highest BCUT2D eigenvalue weighted by Gasteiger charge is 2.39. The number of likely N-dealkylation sites (N-methyl/N-ethyl adjacent to an activating group) is 1. The summed E-state index contributed by atoms with van der Waals surface area (Å²) in [5, 5.41) is 11.7. The summed E-state index contributed by atoms with van der Waals surface area (Å²) in [6.07, 6.45) is 6.17. The third-order valence-corrected chi connectivity index (χ3v) is 7.51. The predicted octanol–water partition coefficient (Wildman–Crippen LogP) is 4.34. The van der Waals surface area contributed by atoms with E-state index in [1.54, 1.807) is 7.11 Å². The first kappa shape index (κ1) is 24.1. The molecule has 1 aliphatic heterocycles. The van der Waals surface area contributed by atoms with Crippen LogP contribution in [0.3, 0.4) is 0 Å². The van der Waals surface area contributed by atoms with Gasteiger partial charge in [-0.1, -0.05) is 43.5 Å². The first-order chi connectivity index (χ1) is 16.1. The molecule has 0 amide bonds. The molecule has 1 saturated heterocycles. The summed E-state index contributed by atoms with van der Waals surface area (Å²) in [5.41, 5.74) is 1.87. The van der Waals surface area contributed by atoms with Gasteiger partial charge in [-0.3, -0.25) is 0 Å². The van der Waals surface area contributed by atoms with Crippen molar-refractivity contribution in [1.82, 2.24) is 9.80 Å². The van der Waals surface area contributed by atoms with Gasteiger partial charge in [0.1, 0.15) is 11.5 Å². The number of hydrogen-bond donors (Lipinski definition) is 1. The number of piperazine rings is 1. The molecule has 33 heavy (non-hydrogen) atoms. The van der Waals surface area contributed by atoms with Crippen molar-refractivity contribution in [2.24, 2.45) is 0 Å². The standard InChI is InChI=1S/C28H40N2O3/c1-29-17-19-30(20-18-29)22-27(28(31)15-4-3-5-16-28)24-8-12-26(13-9-24)33-21-14-23-6-10-25(32-2)11-7-23/h6-13,27,31H,3-5,14-22H2,1-2H3. The summed E-state index contributed by atoms with van der Waals surface area (Å²) in [7, 11) is 3.88. The lowest BCUT2D eigenvalue weighted by Crippen LogP contribution is -2.50. The van der Waals surface area contributed by atoms with Crippen LogP contribution in [0.25, 0.3) is 0 Å². The van der Waals surface area contributed by atoms with Crippen LogP contribution in [0.1, 0.15) is 49.1 Å². The van der Waals surface area contributed by atoms with Gasteiger partial charge in [0.15, 0.2) is 0 Å². The molecule has 0 bridgehead atoms. The lowest BCUT2D eigenvalue weighted by molar-refractivity contribution is -0.0337. The summed E-state index contributed by atoms with van der Waals surface area (Å²) >= 11 is 0. The van der Waals surface area contributed by atoms with Crippen LogP contribution in [0, 0.1) is 0 Å². The van der Waals surface area contributed by atoms with Crippen molar-refractivity contribution in [3.8, 4) is 11.5 Å². The molecule has 5 nitrogen and oxygen atoms in total. The Labute approximate surface area is 199 Å². The summed E-state index contributed by atoms with van der Waals surface area (Å²) in [6.45, 7) is 5.94. The highest BCUT2D eigenvalue weighted by molar-refractivity contribution is 5.32. The van der Waals surface area contributed by atoms with Crippen molar-refractivity contribution in [2.45, 2.75) is 50.0 Å². The summed E-state index contributed by atoms with van der Waals surface area (Å²) in [4.78, 5) is 4.93. The van der Waals surface area contributed by atoms with Crippen molar-refractivity contribution in [3.63, 3.8) is 0 Å². The number of benzene rings is 2. The van der Waals surface area contributed by atoms with Crippen LogP contribution in [0.15, 0.2) is 48.5 Å². The quantitative estimate of drug-likeness (QED) is 0.613. The Morgan fingerprint density at radius 1 is 0.879 bits per heavy atom. The Kier molecular flexibility index (Phi) is 8.29. The summed E-state index contributed by atoms with van der Waals surface area (Å²) in [6, 6.07) is 16.6. The monoisotopic (exact) mass is 452 g/mol. The van der Waals surface area contributed by atoms with Gasteiger partial charge in [0, 0.05) is 45.1 Å². The van der Waals surface area contributed by atoms with Gasteiger partial charge in [0.2, 0.25) is 0 Å². The fourth-order valence-electron chi connectivity index (χ4n) is 5.26. The van der Waals surface area contributed by atoms with E-state index in [0.29, 0.717) is 6.61 Å². The molecule has 2 aromatic carbocycles. The minimum absolute atomic E-state index is 0.148. The maximum atomic E-state index is 11.7. The van der Waals surface area contributed by atoms with Crippen molar-refractivity contribution in [2.75, 3.05) is 53.5 Å². The summed E-state index contributed by atoms with van der Waals surface area (Å²) < 4.78 is 11.2. The van der Waals surface area contributed by atoms with Crippen LogP contribution in [0.5, 0.6) is 11.5 Å². The lowest BCUT2D eigenvalue weighted by atomic mass is 9.72. The molecule has 2 aromatic rings. The molecule has 5 heteroatoms. The largest absolute Gasteiger partial charge is 0.497 e. The van der Waals surface area contributed by atoms with Gasteiger partial charge in [-0.05, 0) is 55.3 Å². The molecule has 1 saturated carbocycles. The van der Waals surface area contributed by atoms with Gasteiger partial charge in [0.05, 0.1) is 19.3 Å². The molecule has 2 fully saturated rings. The van der Waals surface area contributed by atoms with Gasteiger partial charge in [-0.25, -0.2) is 0 Å². The van der Waals surface area contributed by atoms with E-state index < -0.39 is 5.60 Å². The van der Waals surface area contributed by atoms with Gasteiger partial charge in [0.25, 0.3) is 0 Å². The number of nitrogens with zero attached hydrogens (tertiary/aromatic N) is 2. The van der Waals surface area contributed by atoms with Crippen LogP contribution in [-0.4, -0.2) is 74.0 Å². The Bertz CT molecular complexity index is 838. The molecule has 1 aliphatic carbocycles. The Morgan fingerprint density at radius 3 is 2.15 bits per heavy atom. The molecule has 2 aliphatic rings. The topological polar surface area (TPSA) is 45.2 Å². The minimum atomic E-state index is -0.599. The van der Waals surface area contributed by atoms with Crippen LogP contribution in [0.4, 0.5) is 0 Å². The number of ether oxygens (including phenoxy) is 2. The third kappa shape index (κ3) is 6.50. The molecule has 1 heterocycles. The van der Waals surface area contributed by atoms with Gasteiger partial charge < -0.3 is 24.4 Å². The van der Waals surface area contributed by atoms with E-state index in [9.17, 15) is 5.11 Å². The maximum Gasteiger partial charge on any atom is 0.119 e. The Morgan fingerprint density at radius 2 is 1.52 bits per heavy atom. The molecular formula is C28H40N2O3. The Balaban J connectivity index is 1.39. The number of methoxy groups -OCH3 is 1. The Hall–Kier alpha value is -2.08. The average molecular weight is 453 g/mol. The van der Waals surface area contributed by atoms with E-state index in [1.807, 2.05) is 12.1 Å². The average Bonchev–Trinajstić information content (AvgIpc) is 2.85. The van der Waals surface area contributed by atoms with Crippen LogP contribution in [-0.2, 0) is 6.42 Å². The van der Waals surface area contributed by atoms with E-state index in [1.165, 1.54) is 17.5 Å². The van der Waals surface area contributed by atoms with Crippen LogP contribution in [0.2, 0.25) is 0 Å². The second kappa shape index (κ2) is 11.4. The smallest absolute Gasteiger partial charge is 0.119 e. The van der Waals surface area contributed by atoms with E-state index >= 15 is 0 Å². The molecule has 1 atom stereocenters.